The Hall–Kier alpha value is -1.75. The van der Waals surface area contributed by atoms with E-state index in [0.29, 0.717) is 18.1 Å². The summed E-state index contributed by atoms with van der Waals surface area (Å²) in [6.07, 6.45) is 4.89. The average Bonchev–Trinajstić information content (AvgIpc) is 3.26. The van der Waals surface area contributed by atoms with Gasteiger partial charge in [-0.15, -0.1) is 0 Å². The molecule has 0 heterocycles. The molecule has 1 unspecified atom stereocenters. The fraction of sp³-hybridized carbons (Fsp3) is 0.594. The summed E-state index contributed by atoms with van der Waals surface area (Å²) in [6, 6.07) is 21.4. The molecule has 2 aromatic carbocycles. The Morgan fingerprint density at radius 1 is 0.972 bits per heavy atom. The van der Waals surface area contributed by atoms with Crippen LogP contribution in [0.4, 0.5) is 0 Å². The van der Waals surface area contributed by atoms with Crippen molar-refractivity contribution in [3.8, 4) is 0 Å². The first-order valence-electron chi connectivity index (χ1n) is 14.1. The summed E-state index contributed by atoms with van der Waals surface area (Å²) in [5, 5.41) is 14.5. The van der Waals surface area contributed by atoms with Crippen LogP contribution in [-0.4, -0.2) is 32.1 Å². The van der Waals surface area contributed by atoms with Crippen LogP contribution in [0.1, 0.15) is 73.1 Å². The van der Waals surface area contributed by atoms with Gasteiger partial charge in [0.15, 0.2) is 0 Å². The largest absolute Gasteiger partial charge is 0.407 e. The van der Waals surface area contributed by atoms with Crippen LogP contribution >= 0.6 is 0 Å². The molecule has 36 heavy (non-hydrogen) atoms. The van der Waals surface area contributed by atoms with Gasteiger partial charge in [0, 0.05) is 17.8 Å². The summed E-state index contributed by atoms with van der Waals surface area (Å²) in [5.74, 6) is 0.885. The first-order valence-corrected chi connectivity index (χ1v) is 15.8. The molecule has 1 N–H and O–H groups in total. The monoisotopic (exact) mass is 504 g/mol. The van der Waals surface area contributed by atoms with Gasteiger partial charge in [0.05, 0.1) is 12.2 Å². The highest BCUT2D eigenvalue weighted by atomic mass is 28.3. The number of carbonyl (C=O) groups is 1. The lowest BCUT2D eigenvalue weighted by molar-refractivity contribution is -0.193. The van der Waals surface area contributed by atoms with Crippen LogP contribution in [0.5, 0.6) is 0 Å². The standard InChI is InChI=1S/C32H44O3Si/c1-6-30(4)21-27(35-36(24-13-9-7-10-14-24)25-15-11-8-12-16-25)31(5)22(2)17-19-32(23(3)29(30)34)20-18-26(33)28(31)32/h7-16,22-23,27-29,34,36H,6,17-21H2,1-5H3/t22-,23+,27-,28?,29+,30-,31+,32+/m1/s1. The van der Waals surface area contributed by atoms with E-state index in [9.17, 15) is 9.90 Å². The fourth-order valence-corrected chi connectivity index (χ4v) is 11.1. The van der Waals surface area contributed by atoms with Crippen molar-refractivity contribution >= 4 is 25.2 Å². The molecule has 3 aliphatic carbocycles. The molecular weight excluding hydrogens is 460 g/mol. The minimum Gasteiger partial charge on any atom is -0.407 e. The number of aliphatic hydroxyl groups excluding tert-OH is 1. The number of Topliss-reactive ketones (excluding diaryl/α,β-unsaturated/α-hetero) is 1. The number of ketones is 1. The lowest BCUT2D eigenvalue weighted by Crippen LogP contribution is -2.64. The molecule has 0 aliphatic heterocycles. The first kappa shape index (κ1) is 25.9. The smallest absolute Gasteiger partial charge is 0.240 e. The van der Waals surface area contributed by atoms with Crippen LogP contribution < -0.4 is 10.4 Å². The van der Waals surface area contributed by atoms with E-state index in [1.807, 2.05) is 0 Å². The van der Waals surface area contributed by atoms with Crippen LogP contribution in [0.2, 0.25) is 0 Å². The maximum atomic E-state index is 13.8. The molecule has 2 aromatic rings. The number of aliphatic hydroxyl groups is 1. The molecule has 3 fully saturated rings. The molecule has 2 bridgehead atoms. The highest BCUT2D eigenvalue weighted by Crippen LogP contribution is 2.68. The van der Waals surface area contributed by atoms with Crippen molar-refractivity contribution in [2.24, 2.45) is 34.0 Å². The van der Waals surface area contributed by atoms with Gasteiger partial charge in [-0.3, -0.25) is 4.79 Å². The van der Waals surface area contributed by atoms with Gasteiger partial charge >= 0.3 is 0 Å². The summed E-state index contributed by atoms with van der Waals surface area (Å²) in [7, 11) is -2.04. The van der Waals surface area contributed by atoms with Crippen LogP contribution in [0.3, 0.4) is 0 Å². The van der Waals surface area contributed by atoms with Gasteiger partial charge in [0.2, 0.25) is 9.04 Å². The molecule has 3 nitrogen and oxygen atoms in total. The Bertz CT molecular complexity index is 1030. The second-order valence-corrected chi connectivity index (χ2v) is 15.1. The Balaban J connectivity index is 1.67. The van der Waals surface area contributed by atoms with E-state index in [4.69, 9.17) is 4.43 Å². The number of benzene rings is 2. The number of carbonyl (C=O) groups excluding carboxylic acids is 1. The summed E-state index contributed by atoms with van der Waals surface area (Å²) >= 11 is 0. The second-order valence-electron chi connectivity index (χ2n) is 12.7. The van der Waals surface area contributed by atoms with Gasteiger partial charge in [-0.1, -0.05) is 95.3 Å². The van der Waals surface area contributed by atoms with E-state index < -0.39 is 15.1 Å². The Morgan fingerprint density at radius 3 is 2.11 bits per heavy atom. The molecule has 0 saturated heterocycles. The zero-order valence-electron chi connectivity index (χ0n) is 22.7. The molecule has 0 radical (unpaired) electrons. The Kier molecular flexibility index (Phi) is 6.85. The van der Waals surface area contributed by atoms with Gasteiger partial charge in [-0.2, -0.15) is 0 Å². The Morgan fingerprint density at radius 2 is 1.56 bits per heavy atom. The van der Waals surface area contributed by atoms with Crippen LogP contribution in [0, 0.1) is 34.0 Å². The fourth-order valence-electron chi connectivity index (χ4n) is 8.50. The van der Waals surface area contributed by atoms with Crippen molar-refractivity contribution in [2.75, 3.05) is 0 Å². The molecule has 5 rings (SSSR count). The van der Waals surface area contributed by atoms with Crippen LogP contribution in [-0.2, 0) is 9.22 Å². The summed E-state index contributed by atoms with van der Waals surface area (Å²) in [5.41, 5.74) is -0.615. The summed E-state index contributed by atoms with van der Waals surface area (Å²) < 4.78 is 7.47. The topological polar surface area (TPSA) is 46.5 Å². The summed E-state index contributed by atoms with van der Waals surface area (Å²) in [4.78, 5) is 13.8. The van der Waals surface area contributed by atoms with Crippen molar-refractivity contribution in [1.82, 2.24) is 0 Å². The average molecular weight is 505 g/mol. The minimum absolute atomic E-state index is 0.0361. The number of hydrogen-bond donors (Lipinski definition) is 1. The molecule has 194 valence electrons. The molecule has 0 spiro atoms. The second kappa shape index (κ2) is 9.52. The van der Waals surface area contributed by atoms with E-state index >= 15 is 0 Å². The summed E-state index contributed by atoms with van der Waals surface area (Å²) in [6.45, 7) is 11.5. The molecule has 0 amide bonds. The quantitative estimate of drug-likeness (QED) is 0.575. The van der Waals surface area contributed by atoms with Gasteiger partial charge in [-0.25, -0.2) is 0 Å². The van der Waals surface area contributed by atoms with E-state index in [1.54, 1.807) is 0 Å². The van der Waals surface area contributed by atoms with E-state index in [2.05, 4.69) is 95.3 Å². The zero-order valence-corrected chi connectivity index (χ0v) is 23.9. The van der Waals surface area contributed by atoms with Crippen molar-refractivity contribution in [2.45, 2.75) is 85.4 Å². The lowest BCUT2D eigenvalue weighted by atomic mass is 9.43. The highest BCUT2D eigenvalue weighted by molar-refractivity contribution is 6.80. The zero-order chi connectivity index (χ0) is 25.7. The van der Waals surface area contributed by atoms with Gasteiger partial charge < -0.3 is 9.53 Å². The van der Waals surface area contributed by atoms with Crippen molar-refractivity contribution < 1.29 is 14.3 Å². The lowest BCUT2D eigenvalue weighted by Gasteiger charge is -2.63. The molecule has 0 aromatic heterocycles. The maximum absolute atomic E-state index is 13.8. The first-order chi connectivity index (χ1) is 17.2. The van der Waals surface area contributed by atoms with E-state index in [1.165, 1.54) is 10.4 Å². The number of rotatable bonds is 5. The van der Waals surface area contributed by atoms with E-state index in [0.717, 1.165) is 32.1 Å². The van der Waals surface area contributed by atoms with Crippen molar-refractivity contribution in [3.05, 3.63) is 60.7 Å². The van der Waals surface area contributed by atoms with Crippen molar-refractivity contribution in [1.29, 1.82) is 0 Å². The third-order valence-corrected chi connectivity index (χ3v) is 13.8. The predicted molar refractivity (Wildman–Crippen MR) is 149 cm³/mol. The van der Waals surface area contributed by atoms with Gasteiger partial charge in [0.1, 0.15) is 5.78 Å². The maximum Gasteiger partial charge on any atom is 0.240 e. The van der Waals surface area contributed by atoms with Crippen molar-refractivity contribution in [3.63, 3.8) is 0 Å². The van der Waals surface area contributed by atoms with E-state index in [-0.39, 0.29) is 34.2 Å². The third kappa shape index (κ3) is 3.87. The molecular formula is C32H44O3Si. The van der Waals surface area contributed by atoms with Gasteiger partial charge in [0.25, 0.3) is 0 Å². The minimum atomic E-state index is -2.04. The van der Waals surface area contributed by atoms with Crippen LogP contribution in [0.25, 0.3) is 0 Å². The SMILES string of the molecule is CC[C@]1(C)C[C@@H](O[SiH](c2ccccc2)c2ccccc2)[C@@]2(C)C3C(=O)CC[C@@]3(CC[C@H]2C)[C@@H](C)[C@@H]1O. The predicted octanol–water partition coefficient (Wildman–Crippen LogP) is 5.13. The van der Waals surface area contributed by atoms with Gasteiger partial charge in [-0.05, 0) is 65.1 Å². The number of hydrogen-bond acceptors (Lipinski definition) is 3. The Labute approximate surface area is 219 Å². The highest BCUT2D eigenvalue weighted by Gasteiger charge is 2.67. The molecule has 8 atom stereocenters. The molecule has 3 saturated carbocycles. The molecule has 4 heteroatoms. The third-order valence-electron chi connectivity index (χ3n) is 11.2. The van der Waals surface area contributed by atoms with Crippen LogP contribution in [0.15, 0.2) is 60.7 Å². The normalized spacial score (nSPS) is 40.5. The molecule has 3 aliphatic rings.